The van der Waals surface area contributed by atoms with Crippen LogP contribution in [0.4, 0.5) is 51.2 Å². The Balaban J connectivity index is -0.0000000972. The molecule has 0 aliphatic rings. The van der Waals surface area contributed by atoms with Gasteiger partial charge in [0.25, 0.3) is 0 Å². The van der Waals surface area contributed by atoms with Crippen molar-refractivity contribution in [3.05, 3.63) is 395 Å². The van der Waals surface area contributed by atoms with Crippen molar-refractivity contribution in [2.45, 2.75) is 0 Å². The first-order valence-electron chi connectivity index (χ1n) is 36.0. The summed E-state index contributed by atoms with van der Waals surface area (Å²) in [5, 5.41) is 99.5. The van der Waals surface area contributed by atoms with Crippen LogP contribution >= 0.6 is 0 Å². The maximum atomic E-state index is 9.52. The summed E-state index contributed by atoms with van der Waals surface area (Å²) < 4.78 is 6.45. The van der Waals surface area contributed by atoms with Crippen LogP contribution in [0, 0.1) is 150 Å². The average molecular weight is 4410 g/mol. The topological polar surface area (TPSA) is 262 Å². The van der Waals surface area contributed by atoms with Gasteiger partial charge in [0.2, 0.25) is 0 Å². The number of benzene rings is 15. The van der Waals surface area contributed by atoms with Crippen LogP contribution in [0.5, 0.6) is 0 Å². The first-order chi connectivity index (χ1) is 57.0. The van der Waals surface area contributed by atoms with Gasteiger partial charge in [-0.05, 0) is 152 Å². The van der Waals surface area contributed by atoms with Crippen LogP contribution in [0.1, 0.15) is 55.6 Å². The number of nitriles is 10. The molecule has 33 radical (unpaired) electrons. The monoisotopic (exact) mass is 4410 g/mol. The van der Waals surface area contributed by atoms with Crippen LogP contribution in [-0.2, 0) is 1080 Å². The average Bonchev–Trinajstić information content (AvgIpc) is 1.60. The Morgan fingerprint density at radius 1 is 0.161 bits per heavy atom. The van der Waals surface area contributed by atoms with E-state index in [0.717, 1.165) is 122 Å². The van der Waals surface area contributed by atoms with E-state index < -0.39 is 0 Å². The zero-order chi connectivity index (χ0) is 79.8. The molecule has 0 saturated carbocycles. The standard InChI is InChI=1S/C34H16N6.2C33H17N5.33Y/c35-19-23-4-10-27(11-5-23)39(28-12-6-24(20-36)7-13-28)29-2-1-3-30(18-29)40-33-14-8-25(21-37)16-31(33)32-17-26(22-38)9-15-34(32)40;34-20-23-8-13-26(14-9-23)37(27-15-10-24(21-35)11-16-27)28-4-3-5-29(19-28)38-32-7-2-1-6-30(32)31-18-25(22-36)12-17-33(31)38;34-20-23-9-13-27(14-10-23)37(26-5-2-1-3-6-26)28-7-4-8-29(19-28)38-32-15-11-24(21-35)17-30(32)31-18-25(22-36)12-16-33(31)38;;;;;;;;;;;;;;;;;;;;;;;;;;;;;;;;;/h1-10,12,14-18H;1-13,15,17-19H;1-5,7-13,15-19H;;;;;;;;;;;;;;;;;;;;;;;;;;;;;;;;;/q3*-2;;;;;;;;;;;;;;;;;;;;;;;;;;;;;;;;;. The Kier molecular flexibility index (Phi) is 152. The fourth-order valence-corrected chi connectivity index (χ4v) is 14.4. The van der Waals surface area contributed by atoms with Gasteiger partial charge in [0, 0.05) is 1180 Å². The van der Waals surface area contributed by atoms with E-state index in [2.05, 4.69) is 141 Å². The minimum atomic E-state index is 0. The maximum Gasteiger partial charge on any atom is 0.0991 e. The summed E-state index contributed by atoms with van der Waals surface area (Å²) in [6.07, 6.45) is 0. The van der Waals surface area contributed by atoms with Gasteiger partial charge in [-0.15, -0.1) is 36.4 Å². The molecule has 3 aromatic heterocycles. The van der Waals surface area contributed by atoms with Crippen LogP contribution in [-0.4, -0.2) is 13.7 Å². The molecule has 0 amide bonds. The number of hydrogen-bond acceptors (Lipinski definition) is 13. The van der Waals surface area contributed by atoms with E-state index in [-0.39, 0.29) is 1080 Å². The molecule has 0 unspecified atom stereocenters. The predicted octanol–water partition coefficient (Wildman–Crippen LogP) is 22.2. The zero-order valence-corrected chi connectivity index (χ0v) is 174. The molecule has 0 atom stereocenters. The first kappa shape index (κ1) is 208. The first-order valence-corrected chi connectivity index (χ1v) is 36.0. The second kappa shape index (κ2) is 109. The van der Waals surface area contributed by atoms with Crippen molar-refractivity contribution in [1.82, 2.24) is 13.7 Å². The van der Waals surface area contributed by atoms with Crippen LogP contribution in [0.3, 0.4) is 0 Å². The molecule has 635 valence electrons. The van der Waals surface area contributed by atoms with Crippen LogP contribution in [0.2, 0.25) is 0 Å². The third-order valence-corrected chi connectivity index (χ3v) is 19.7. The van der Waals surface area contributed by atoms with Gasteiger partial charge in [0.15, 0.2) is 0 Å². The van der Waals surface area contributed by atoms with E-state index in [1.165, 1.54) is 0 Å². The molecule has 15 aromatic carbocycles. The van der Waals surface area contributed by atoms with Crippen LogP contribution < -0.4 is 14.7 Å². The van der Waals surface area contributed by atoms with Crippen molar-refractivity contribution in [2.24, 2.45) is 0 Å². The second-order valence-corrected chi connectivity index (χ2v) is 26.4. The van der Waals surface area contributed by atoms with Gasteiger partial charge >= 0.3 is 0 Å². The summed E-state index contributed by atoms with van der Waals surface area (Å²) in [6, 6.07) is 136. The van der Waals surface area contributed by atoms with E-state index in [4.69, 9.17) is 0 Å². The van der Waals surface area contributed by atoms with Gasteiger partial charge in [0.05, 0.1) is 91.3 Å². The summed E-state index contributed by atoms with van der Waals surface area (Å²) >= 11 is 0. The Morgan fingerprint density at radius 3 is 0.544 bits per heavy atom. The molecule has 0 saturated heterocycles. The molecule has 0 spiro atoms. The summed E-state index contributed by atoms with van der Waals surface area (Å²) in [4.78, 5) is 5.99. The molecule has 16 nitrogen and oxygen atoms in total. The van der Waals surface area contributed by atoms with Crippen molar-refractivity contribution < 1.29 is 1080 Å². The molecule has 0 N–H and O–H groups in total. The van der Waals surface area contributed by atoms with Crippen molar-refractivity contribution in [2.75, 3.05) is 14.7 Å². The summed E-state index contributed by atoms with van der Waals surface area (Å²) in [5.41, 5.74) is 21.0. The third kappa shape index (κ3) is 54.8. The number of aromatic nitrogens is 3. The molecular formula is C100H50N16Y33-6. The SMILES string of the molecule is N#Cc1c[c-]c(N(c2[c-]cc(C#N)cc2)c2cccc(-n3c4ccc(C#N)cc4c4cc(C#N)ccc43)c2)cc1.N#Cc1c[c-]c(N(c2[c-]cc(C#N)cc2)c2cccc(-n3c4ccccc4c4cc(C#N)ccc43)c2)cc1.N#Cc1c[c-]c(N(c2[c-]cccc2)c2cccc(-n3c4ccc(C#N)cc4c4cc(C#N)ccc43)c2)cc1.[Y].[Y].[Y].[Y].[Y].[Y].[Y].[Y].[Y].[Y].[Y].[Y].[Y].[Y].[Y].[Y].[Y].[Y].[Y].[Y].[Y].[Y].[Y].[Y].[Y].[Y].[Y].[Y].[Y].[Y].[Y].[Y].[Y]. The van der Waals surface area contributed by atoms with Crippen molar-refractivity contribution in [1.29, 1.82) is 52.6 Å². The molecule has 18 rings (SSSR count). The molecule has 3 heterocycles. The van der Waals surface area contributed by atoms with E-state index in [0.29, 0.717) is 67.0 Å². The summed E-state index contributed by atoms with van der Waals surface area (Å²) in [7, 11) is 0. The number of anilines is 9. The fraction of sp³-hybridized carbons (Fsp3) is 0. The number of fused-ring (bicyclic) bond motifs is 9. The third-order valence-electron chi connectivity index (χ3n) is 19.7. The zero-order valence-electron chi connectivity index (χ0n) is 80.1. The second-order valence-electron chi connectivity index (χ2n) is 26.4. The molecule has 0 bridgehead atoms. The minimum absolute atomic E-state index is 0. The molecule has 0 aliphatic carbocycles. The number of para-hydroxylation sites is 2. The normalized spacial score (nSPS) is 8.17. The van der Waals surface area contributed by atoms with Gasteiger partial charge < -0.3 is 28.4 Å². The Bertz CT molecular complexity index is 7250. The van der Waals surface area contributed by atoms with Gasteiger partial charge in [-0.3, -0.25) is 0 Å². The molecule has 18 aromatic rings. The van der Waals surface area contributed by atoms with E-state index in [1.54, 1.807) is 72.8 Å². The number of hydrogen-bond donors (Lipinski definition) is 0. The van der Waals surface area contributed by atoms with Gasteiger partial charge in [-0.1, -0.05) is 98.3 Å². The Hall–Kier alpha value is 18.4. The van der Waals surface area contributed by atoms with Crippen molar-refractivity contribution >= 4 is 117 Å². The van der Waals surface area contributed by atoms with Crippen molar-refractivity contribution in [3.63, 3.8) is 0 Å². The van der Waals surface area contributed by atoms with Gasteiger partial charge in [0.1, 0.15) is 0 Å². The largest absolute Gasteiger partial charge is 0.358 e. The van der Waals surface area contributed by atoms with Crippen LogP contribution in [0.15, 0.2) is 303 Å². The Labute approximate surface area is 1700 Å². The molecule has 49 heteroatoms. The predicted molar refractivity (Wildman–Crippen MR) is 447 cm³/mol. The number of rotatable bonds is 12. The van der Waals surface area contributed by atoms with E-state index in [1.807, 2.05) is 215 Å². The van der Waals surface area contributed by atoms with Gasteiger partial charge in [-0.2, -0.15) is 142 Å². The van der Waals surface area contributed by atoms with Crippen molar-refractivity contribution in [3.8, 4) is 77.8 Å². The van der Waals surface area contributed by atoms with Gasteiger partial charge in [-0.25, -0.2) is 26.3 Å². The Morgan fingerprint density at radius 2 is 0.349 bits per heavy atom. The fourth-order valence-electron chi connectivity index (χ4n) is 14.4. The quantitative estimate of drug-likeness (QED) is 0.103. The smallest absolute Gasteiger partial charge is 0.0991 e. The van der Waals surface area contributed by atoms with E-state index in [9.17, 15) is 52.6 Å². The molecule has 0 fully saturated rings. The summed E-state index contributed by atoms with van der Waals surface area (Å²) in [6.45, 7) is 0. The maximum absolute atomic E-state index is 9.52. The minimum Gasteiger partial charge on any atom is -0.358 e. The summed E-state index contributed by atoms with van der Waals surface area (Å²) in [5.74, 6) is 0. The van der Waals surface area contributed by atoms with E-state index >= 15 is 0 Å². The molecule has 0 aliphatic heterocycles. The number of nitrogens with zero attached hydrogens (tertiary/aromatic N) is 16. The van der Waals surface area contributed by atoms with Crippen LogP contribution in [0.25, 0.3) is 82.5 Å². The molecule has 149 heavy (non-hydrogen) atoms. The molecular weight excluding hydrogens is 4360 g/mol.